The first kappa shape index (κ1) is 19.6. The third-order valence-electron chi connectivity index (χ3n) is 3.99. The number of hydrogen-bond acceptors (Lipinski definition) is 5. The Hall–Kier alpha value is -0.460. The molecule has 0 spiro atoms. The Morgan fingerprint density at radius 3 is 2.55 bits per heavy atom. The quantitative estimate of drug-likeness (QED) is 0.400. The van der Waals surface area contributed by atoms with Crippen LogP contribution in [0.4, 0.5) is 0 Å². The third-order valence-corrected chi connectivity index (χ3v) is 3.99. The van der Waals surface area contributed by atoms with Gasteiger partial charge in [-0.2, -0.15) is 0 Å². The van der Waals surface area contributed by atoms with Crippen LogP contribution in [0.2, 0.25) is 0 Å². The highest BCUT2D eigenvalue weighted by molar-refractivity contribution is 4.87. The van der Waals surface area contributed by atoms with E-state index in [2.05, 4.69) is 19.1 Å². The second kappa shape index (κ2) is 12.0. The Kier molecular flexibility index (Phi) is 10.7. The van der Waals surface area contributed by atoms with Crippen LogP contribution in [0.5, 0.6) is 0 Å². The van der Waals surface area contributed by atoms with Crippen molar-refractivity contribution in [2.24, 2.45) is 0 Å². The molecule has 0 bridgehead atoms. The molecule has 0 amide bonds. The topological polar surface area (TPSA) is 79.2 Å². The number of aliphatic hydroxyl groups excluding tert-OH is 3. The molecule has 0 unspecified atom stereocenters. The maximum absolute atomic E-state index is 9.91. The Morgan fingerprint density at radius 2 is 1.82 bits per heavy atom. The van der Waals surface area contributed by atoms with Gasteiger partial charge >= 0.3 is 0 Å². The number of allylic oxidation sites excluding steroid dienone is 2. The van der Waals surface area contributed by atoms with E-state index in [4.69, 9.17) is 9.47 Å². The molecule has 0 aromatic heterocycles. The molecule has 1 heterocycles. The Bertz CT molecular complexity index is 293. The van der Waals surface area contributed by atoms with Crippen molar-refractivity contribution < 1.29 is 24.8 Å². The van der Waals surface area contributed by atoms with Crippen LogP contribution in [0.3, 0.4) is 0 Å². The fourth-order valence-electron chi connectivity index (χ4n) is 2.62. The van der Waals surface area contributed by atoms with Crippen LogP contribution in [0.25, 0.3) is 0 Å². The number of rotatable bonds is 11. The van der Waals surface area contributed by atoms with E-state index in [0.29, 0.717) is 6.61 Å². The fraction of sp³-hybridized carbons (Fsp3) is 0.882. The summed E-state index contributed by atoms with van der Waals surface area (Å²) < 4.78 is 10.9. The summed E-state index contributed by atoms with van der Waals surface area (Å²) in [6, 6.07) is 0. The minimum atomic E-state index is -0.990. The predicted octanol–water partition coefficient (Wildman–Crippen LogP) is 1.79. The Labute approximate surface area is 133 Å². The number of ether oxygens (including phenoxy) is 2. The van der Waals surface area contributed by atoms with Gasteiger partial charge in [0.15, 0.2) is 0 Å². The highest BCUT2D eigenvalue weighted by Gasteiger charge is 2.39. The molecule has 0 aromatic carbocycles. The van der Waals surface area contributed by atoms with E-state index in [-0.39, 0.29) is 13.2 Å². The lowest BCUT2D eigenvalue weighted by Gasteiger charge is -2.37. The largest absolute Gasteiger partial charge is 0.394 e. The first-order valence-corrected chi connectivity index (χ1v) is 8.55. The van der Waals surface area contributed by atoms with E-state index in [9.17, 15) is 15.3 Å². The van der Waals surface area contributed by atoms with E-state index < -0.39 is 24.4 Å². The van der Waals surface area contributed by atoms with E-state index in [1.807, 2.05) is 0 Å². The van der Waals surface area contributed by atoms with Crippen LogP contribution in [0.15, 0.2) is 12.2 Å². The maximum Gasteiger partial charge on any atom is 0.114 e. The molecule has 1 rings (SSSR count). The summed E-state index contributed by atoms with van der Waals surface area (Å²) in [7, 11) is 0. The SMILES string of the molecule is CC/C=C/CCCCCCCO[C@H]1[C@H](O)[C@@H](O)CO[C@@H]1CO. The molecule has 1 aliphatic rings. The molecule has 22 heavy (non-hydrogen) atoms. The number of unbranched alkanes of at least 4 members (excludes halogenated alkanes) is 5. The molecule has 0 saturated carbocycles. The van der Waals surface area contributed by atoms with Gasteiger partial charge in [-0.05, 0) is 25.7 Å². The predicted molar refractivity (Wildman–Crippen MR) is 85.7 cm³/mol. The summed E-state index contributed by atoms with van der Waals surface area (Å²) in [4.78, 5) is 0. The maximum atomic E-state index is 9.91. The van der Waals surface area contributed by atoms with Crippen molar-refractivity contribution >= 4 is 0 Å². The second-order valence-electron chi connectivity index (χ2n) is 5.88. The molecule has 1 fully saturated rings. The molecule has 1 aliphatic heterocycles. The average molecular weight is 316 g/mol. The van der Waals surface area contributed by atoms with Gasteiger partial charge in [0.25, 0.3) is 0 Å². The lowest BCUT2D eigenvalue weighted by Crippen LogP contribution is -2.55. The van der Waals surface area contributed by atoms with Crippen LogP contribution in [0.1, 0.15) is 51.9 Å². The van der Waals surface area contributed by atoms with Gasteiger partial charge in [-0.1, -0.05) is 38.3 Å². The van der Waals surface area contributed by atoms with E-state index in [0.717, 1.165) is 25.7 Å². The normalized spacial score (nSPS) is 29.3. The van der Waals surface area contributed by atoms with Gasteiger partial charge in [0.2, 0.25) is 0 Å². The highest BCUT2D eigenvalue weighted by atomic mass is 16.6. The zero-order chi connectivity index (χ0) is 16.2. The van der Waals surface area contributed by atoms with Crippen molar-refractivity contribution in [3.8, 4) is 0 Å². The van der Waals surface area contributed by atoms with Crippen molar-refractivity contribution in [1.29, 1.82) is 0 Å². The standard InChI is InChI=1S/C17H32O5/c1-2-3-4-5-6-7-8-9-10-11-21-17-15(12-18)22-13-14(19)16(17)20/h3-4,14-20H,2,5-13H2,1H3/b4-3+/t14-,15+,16+,17+/m0/s1. The van der Waals surface area contributed by atoms with Crippen LogP contribution < -0.4 is 0 Å². The highest BCUT2D eigenvalue weighted by Crippen LogP contribution is 2.19. The summed E-state index contributed by atoms with van der Waals surface area (Å²) in [5.41, 5.74) is 0. The smallest absolute Gasteiger partial charge is 0.114 e. The lowest BCUT2D eigenvalue weighted by atomic mass is 10.0. The molecule has 130 valence electrons. The molecule has 0 aliphatic carbocycles. The van der Waals surface area contributed by atoms with Crippen LogP contribution >= 0.6 is 0 Å². The second-order valence-corrected chi connectivity index (χ2v) is 5.88. The summed E-state index contributed by atoms with van der Waals surface area (Å²) in [6.45, 7) is 2.49. The molecule has 0 radical (unpaired) electrons. The average Bonchev–Trinajstić information content (AvgIpc) is 2.53. The Balaban J connectivity index is 2.06. The first-order chi connectivity index (χ1) is 10.7. The van der Waals surface area contributed by atoms with Gasteiger partial charge in [-0.15, -0.1) is 0 Å². The molecule has 0 aromatic rings. The van der Waals surface area contributed by atoms with Gasteiger partial charge in [0.05, 0.1) is 13.2 Å². The summed E-state index contributed by atoms with van der Waals surface area (Å²) in [5, 5.41) is 28.7. The monoisotopic (exact) mass is 316 g/mol. The van der Waals surface area contributed by atoms with E-state index in [1.54, 1.807) is 0 Å². The molecule has 5 heteroatoms. The fourth-order valence-corrected chi connectivity index (χ4v) is 2.62. The van der Waals surface area contributed by atoms with Crippen molar-refractivity contribution in [3.05, 3.63) is 12.2 Å². The summed E-state index contributed by atoms with van der Waals surface area (Å²) in [5.74, 6) is 0. The van der Waals surface area contributed by atoms with Crippen molar-refractivity contribution in [3.63, 3.8) is 0 Å². The minimum absolute atomic E-state index is 0.0404. The van der Waals surface area contributed by atoms with Crippen molar-refractivity contribution in [1.82, 2.24) is 0 Å². The Morgan fingerprint density at radius 1 is 1.09 bits per heavy atom. The van der Waals surface area contributed by atoms with Gasteiger partial charge < -0.3 is 24.8 Å². The molecule has 5 nitrogen and oxygen atoms in total. The summed E-state index contributed by atoms with van der Waals surface area (Å²) in [6.07, 6.45) is 9.23. The molecular formula is C17H32O5. The van der Waals surface area contributed by atoms with E-state index in [1.165, 1.54) is 19.3 Å². The first-order valence-electron chi connectivity index (χ1n) is 8.55. The van der Waals surface area contributed by atoms with Gasteiger partial charge in [-0.3, -0.25) is 0 Å². The number of aliphatic hydroxyl groups is 3. The molecule has 1 saturated heterocycles. The zero-order valence-electron chi connectivity index (χ0n) is 13.7. The van der Waals surface area contributed by atoms with Gasteiger partial charge in [0.1, 0.15) is 24.4 Å². The van der Waals surface area contributed by atoms with Crippen LogP contribution in [-0.4, -0.2) is 59.6 Å². The van der Waals surface area contributed by atoms with E-state index >= 15 is 0 Å². The molecule has 3 N–H and O–H groups in total. The zero-order valence-corrected chi connectivity index (χ0v) is 13.7. The third kappa shape index (κ3) is 7.20. The van der Waals surface area contributed by atoms with Gasteiger partial charge in [0, 0.05) is 6.61 Å². The molecule has 4 atom stereocenters. The molecular weight excluding hydrogens is 284 g/mol. The number of hydrogen-bond donors (Lipinski definition) is 3. The van der Waals surface area contributed by atoms with Gasteiger partial charge in [-0.25, -0.2) is 0 Å². The minimum Gasteiger partial charge on any atom is -0.394 e. The summed E-state index contributed by atoms with van der Waals surface area (Å²) >= 11 is 0. The lowest BCUT2D eigenvalue weighted by molar-refractivity contribution is -0.211. The van der Waals surface area contributed by atoms with Crippen LogP contribution in [0, 0.1) is 0 Å². The van der Waals surface area contributed by atoms with Crippen molar-refractivity contribution in [2.75, 3.05) is 19.8 Å². The van der Waals surface area contributed by atoms with Crippen LogP contribution in [-0.2, 0) is 9.47 Å². The van der Waals surface area contributed by atoms with Crippen molar-refractivity contribution in [2.45, 2.75) is 76.3 Å².